The van der Waals surface area contributed by atoms with Crippen molar-refractivity contribution in [3.8, 4) is 5.75 Å². The van der Waals surface area contributed by atoms with E-state index in [-0.39, 0.29) is 18.3 Å². The second-order valence-corrected chi connectivity index (χ2v) is 7.92. The van der Waals surface area contributed by atoms with E-state index in [1.165, 1.54) is 0 Å². The lowest BCUT2D eigenvalue weighted by Crippen LogP contribution is -2.36. The maximum absolute atomic E-state index is 13.5. The van der Waals surface area contributed by atoms with Crippen molar-refractivity contribution in [2.75, 3.05) is 13.7 Å². The summed E-state index contributed by atoms with van der Waals surface area (Å²) in [6.07, 6.45) is 1.15. The Hall–Kier alpha value is -3.34. The van der Waals surface area contributed by atoms with Crippen LogP contribution < -0.4 is 10.1 Å². The molecule has 2 aromatic carbocycles. The summed E-state index contributed by atoms with van der Waals surface area (Å²) in [6.45, 7) is 3.94. The molecule has 2 aromatic rings. The molecule has 0 fully saturated rings. The van der Waals surface area contributed by atoms with Crippen LogP contribution in [0.25, 0.3) is 0 Å². The number of dihydropyridines is 1. The molecule has 0 saturated heterocycles. The summed E-state index contributed by atoms with van der Waals surface area (Å²) in [7, 11) is 1.61. The molecule has 2 aliphatic rings. The fourth-order valence-corrected chi connectivity index (χ4v) is 4.61. The molecule has 0 aromatic heterocycles. The third-order valence-electron chi connectivity index (χ3n) is 6.04. The largest absolute Gasteiger partial charge is 0.497 e. The summed E-state index contributed by atoms with van der Waals surface area (Å²) in [5, 5.41) is 3.37. The summed E-state index contributed by atoms with van der Waals surface area (Å²) in [5.74, 6) is 0.0683. The summed E-state index contributed by atoms with van der Waals surface area (Å²) in [4.78, 5) is 26.4. The fraction of sp³-hybridized carbons (Fsp3) is 0.308. The van der Waals surface area contributed by atoms with Crippen molar-refractivity contribution in [2.24, 2.45) is 0 Å². The molecular formula is C26H27NO4. The Bertz CT molecular complexity index is 1050. The van der Waals surface area contributed by atoms with Crippen LogP contribution in [-0.4, -0.2) is 25.5 Å². The minimum absolute atomic E-state index is 0.0673. The Morgan fingerprint density at radius 3 is 2.39 bits per heavy atom. The number of hydrogen-bond acceptors (Lipinski definition) is 5. The molecule has 31 heavy (non-hydrogen) atoms. The van der Waals surface area contributed by atoms with E-state index in [4.69, 9.17) is 9.47 Å². The zero-order valence-electron chi connectivity index (χ0n) is 18.1. The van der Waals surface area contributed by atoms with Gasteiger partial charge in [0.05, 0.1) is 19.3 Å². The van der Waals surface area contributed by atoms with Gasteiger partial charge in [-0.2, -0.15) is 0 Å². The van der Waals surface area contributed by atoms with Gasteiger partial charge in [0.25, 0.3) is 0 Å². The Morgan fingerprint density at radius 1 is 1.03 bits per heavy atom. The highest BCUT2D eigenvalue weighted by Gasteiger charge is 2.41. The minimum Gasteiger partial charge on any atom is -0.497 e. The van der Waals surface area contributed by atoms with Gasteiger partial charge in [0, 0.05) is 29.3 Å². The number of benzene rings is 2. The Balaban J connectivity index is 1.79. The van der Waals surface area contributed by atoms with E-state index >= 15 is 0 Å². The van der Waals surface area contributed by atoms with Gasteiger partial charge >= 0.3 is 5.97 Å². The van der Waals surface area contributed by atoms with Crippen LogP contribution in [0, 0.1) is 0 Å². The van der Waals surface area contributed by atoms with Crippen LogP contribution in [0.15, 0.2) is 77.1 Å². The van der Waals surface area contributed by atoms with Crippen molar-refractivity contribution >= 4 is 11.8 Å². The molecule has 0 unspecified atom stereocenters. The van der Waals surface area contributed by atoms with E-state index in [9.17, 15) is 9.59 Å². The lowest BCUT2D eigenvalue weighted by Gasteiger charge is -2.36. The molecule has 1 aliphatic carbocycles. The monoisotopic (exact) mass is 417 g/mol. The average molecular weight is 418 g/mol. The number of methoxy groups -OCH3 is 1. The van der Waals surface area contributed by atoms with Crippen LogP contribution in [0.4, 0.5) is 0 Å². The second-order valence-electron chi connectivity index (χ2n) is 7.92. The molecular weight excluding hydrogens is 390 g/mol. The minimum atomic E-state index is -0.453. The molecule has 1 N–H and O–H groups in total. The molecule has 0 bridgehead atoms. The smallest absolute Gasteiger partial charge is 0.336 e. The predicted octanol–water partition coefficient (Wildman–Crippen LogP) is 4.62. The van der Waals surface area contributed by atoms with Crippen molar-refractivity contribution in [2.45, 2.75) is 38.5 Å². The van der Waals surface area contributed by atoms with Crippen LogP contribution in [0.2, 0.25) is 0 Å². The van der Waals surface area contributed by atoms with Crippen molar-refractivity contribution in [3.05, 3.63) is 88.3 Å². The number of ketones is 1. The first-order chi connectivity index (χ1) is 15.0. The predicted molar refractivity (Wildman–Crippen MR) is 119 cm³/mol. The summed E-state index contributed by atoms with van der Waals surface area (Å²) < 4.78 is 10.6. The summed E-state index contributed by atoms with van der Waals surface area (Å²) in [5.41, 5.74) is 4.84. The van der Waals surface area contributed by atoms with Crippen LogP contribution in [0.3, 0.4) is 0 Å². The zero-order chi connectivity index (χ0) is 22.0. The average Bonchev–Trinajstić information content (AvgIpc) is 2.78. The number of carbonyl (C=O) groups is 2. The maximum atomic E-state index is 13.5. The lowest BCUT2D eigenvalue weighted by atomic mass is 9.72. The van der Waals surface area contributed by atoms with E-state index < -0.39 is 11.9 Å². The van der Waals surface area contributed by atoms with Gasteiger partial charge in [-0.1, -0.05) is 42.5 Å². The third-order valence-corrected chi connectivity index (χ3v) is 6.04. The number of allylic oxidation sites excluding steroid dienone is 3. The first-order valence-corrected chi connectivity index (χ1v) is 10.6. The number of carbonyl (C=O) groups excluding carboxylic acids is 2. The third kappa shape index (κ3) is 4.00. The first-order valence-electron chi connectivity index (χ1n) is 10.6. The highest BCUT2D eigenvalue weighted by molar-refractivity contribution is 6.04. The quantitative estimate of drug-likeness (QED) is 0.719. The fourth-order valence-electron chi connectivity index (χ4n) is 4.61. The highest BCUT2D eigenvalue weighted by atomic mass is 16.5. The number of esters is 1. The Labute approximate surface area is 182 Å². The first kappa shape index (κ1) is 20.9. The van der Waals surface area contributed by atoms with Crippen molar-refractivity contribution < 1.29 is 19.1 Å². The van der Waals surface area contributed by atoms with E-state index in [2.05, 4.69) is 17.4 Å². The van der Waals surface area contributed by atoms with E-state index in [0.717, 1.165) is 34.7 Å². The van der Waals surface area contributed by atoms with Gasteiger partial charge in [-0.15, -0.1) is 0 Å². The molecule has 0 spiro atoms. The normalized spacial score (nSPS) is 20.8. The molecule has 160 valence electrons. The van der Waals surface area contributed by atoms with Gasteiger partial charge in [-0.25, -0.2) is 4.79 Å². The maximum Gasteiger partial charge on any atom is 0.336 e. The SMILES string of the molecule is CCOC(=O)C1=C(C)NC2=C(C(=O)C[C@H](c3ccccc3)C2)[C@@H]1c1ccc(OC)cc1. The molecule has 4 rings (SSSR count). The van der Waals surface area contributed by atoms with E-state index in [1.54, 1.807) is 14.0 Å². The van der Waals surface area contributed by atoms with Gasteiger partial charge in [0.2, 0.25) is 0 Å². The second kappa shape index (κ2) is 8.80. The van der Waals surface area contributed by atoms with Crippen LogP contribution in [0.1, 0.15) is 49.7 Å². The molecule has 0 saturated carbocycles. The number of ether oxygens (including phenoxy) is 2. The van der Waals surface area contributed by atoms with Gasteiger partial charge < -0.3 is 14.8 Å². The van der Waals surface area contributed by atoms with Crippen LogP contribution in [-0.2, 0) is 14.3 Å². The van der Waals surface area contributed by atoms with Crippen molar-refractivity contribution in [3.63, 3.8) is 0 Å². The molecule has 2 atom stereocenters. The number of Topliss-reactive ketones (excluding diaryl/α,β-unsaturated/α-hetero) is 1. The van der Waals surface area contributed by atoms with Crippen LogP contribution >= 0.6 is 0 Å². The number of nitrogens with one attached hydrogen (secondary N) is 1. The molecule has 1 aliphatic heterocycles. The number of hydrogen-bond donors (Lipinski definition) is 1. The zero-order valence-corrected chi connectivity index (χ0v) is 18.1. The standard InChI is InChI=1S/C26H27NO4/c1-4-31-26(29)23-16(2)27-21-14-19(17-8-6-5-7-9-17)15-22(28)25(21)24(23)18-10-12-20(30-3)13-11-18/h5-13,19,24,27H,4,14-15H2,1-3H3/t19-,24-/m1/s1. The Morgan fingerprint density at radius 2 is 1.74 bits per heavy atom. The van der Waals surface area contributed by atoms with Gasteiger partial charge in [-0.3, -0.25) is 4.79 Å². The number of rotatable bonds is 5. The van der Waals surface area contributed by atoms with Gasteiger partial charge in [0.15, 0.2) is 5.78 Å². The topological polar surface area (TPSA) is 64.6 Å². The lowest BCUT2D eigenvalue weighted by molar-refractivity contribution is -0.138. The summed E-state index contributed by atoms with van der Waals surface area (Å²) in [6, 6.07) is 17.7. The van der Waals surface area contributed by atoms with Gasteiger partial charge in [-0.05, 0) is 49.4 Å². The molecule has 0 radical (unpaired) electrons. The molecule has 0 amide bonds. The van der Waals surface area contributed by atoms with Crippen LogP contribution in [0.5, 0.6) is 5.75 Å². The van der Waals surface area contributed by atoms with Crippen molar-refractivity contribution in [1.29, 1.82) is 0 Å². The van der Waals surface area contributed by atoms with Gasteiger partial charge in [0.1, 0.15) is 5.75 Å². The van der Waals surface area contributed by atoms with Crippen molar-refractivity contribution in [1.82, 2.24) is 5.32 Å². The molecule has 1 heterocycles. The van der Waals surface area contributed by atoms with E-state index in [1.807, 2.05) is 49.4 Å². The molecule has 5 nitrogen and oxygen atoms in total. The molecule has 5 heteroatoms. The highest BCUT2D eigenvalue weighted by Crippen LogP contribution is 2.45. The summed E-state index contributed by atoms with van der Waals surface area (Å²) >= 11 is 0. The Kier molecular flexibility index (Phi) is 5.94. The van der Waals surface area contributed by atoms with E-state index in [0.29, 0.717) is 17.6 Å².